The van der Waals surface area contributed by atoms with E-state index in [1.807, 2.05) is 6.07 Å². The normalized spacial score (nSPS) is 12.1. The second kappa shape index (κ2) is 7.49. The van der Waals surface area contributed by atoms with Crippen molar-refractivity contribution in [1.29, 1.82) is 0 Å². The van der Waals surface area contributed by atoms with Gasteiger partial charge in [0.1, 0.15) is 0 Å². The Morgan fingerprint density at radius 3 is 2.94 bits per heavy atom. The summed E-state index contributed by atoms with van der Waals surface area (Å²) >= 11 is 3.48. The van der Waals surface area contributed by atoms with Crippen LogP contribution in [0.5, 0.6) is 0 Å². The van der Waals surface area contributed by atoms with Crippen LogP contribution in [-0.2, 0) is 6.42 Å². The molecule has 0 aliphatic rings. The Hall–Kier alpha value is -0.780. The Labute approximate surface area is 107 Å². The quantitative estimate of drug-likeness (QED) is 0.788. The molecule has 0 saturated heterocycles. The third-order valence-corrected chi connectivity index (χ3v) is 2.91. The van der Waals surface area contributed by atoms with Crippen LogP contribution in [0.15, 0.2) is 28.7 Å². The Kier molecular flexibility index (Phi) is 6.22. The molecule has 1 aromatic rings. The topological polar surface area (TPSA) is 12.0 Å². The Balaban J connectivity index is 2.57. The molecule has 1 aromatic carbocycles. The van der Waals surface area contributed by atoms with E-state index in [9.17, 15) is 0 Å². The van der Waals surface area contributed by atoms with E-state index in [4.69, 9.17) is 6.42 Å². The van der Waals surface area contributed by atoms with Crippen LogP contribution in [0.3, 0.4) is 0 Å². The minimum absolute atomic E-state index is 0.388. The number of benzene rings is 1. The van der Waals surface area contributed by atoms with E-state index in [1.54, 1.807) is 0 Å². The molecule has 1 atom stereocenters. The first-order valence-corrected chi connectivity index (χ1v) is 6.46. The fourth-order valence-electron chi connectivity index (χ4n) is 1.66. The van der Waals surface area contributed by atoms with Crippen LogP contribution in [0.25, 0.3) is 0 Å². The summed E-state index contributed by atoms with van der Waals surface area (Å²) in [6.45, 7) is 3.19. The van der Waals surface area contributed by atoms with Gasteiger partial charge in [-0.3, -0.25) is 0 Å². The maximum absolute atomic E-state index is 5.39. The zero-order valence-electron chi connectivity index (χ0n) is 9.67. The maximum Gasteiger partial charge on any atom is 0.0243 e. The molecule has 0 fully saturated rings. The fraction of sp³-hybridized carbons (Fsp3) is 0.429. The van der Waals surface area contributed by atoms with E-state index in [0.29, 0.717) is 6.04 Å². The van der Waals surface area contributed by atoms with Gasteiger partial charge in [0.15, 0.2) is 0 Å². The van der Waals surface area contributed by atoms with Crippen molar-refractivity contribution in [2.24, 2.45) is 0 Å². The van der Waals surface area contributed by atoms with Gasteiger partial charge < -0.3 is 5.32 Å². The second-order valence-electron chi connectivity index (χ2n) is 3.89. The molecule has 0 aliphatic heterocycles. The van der Waals surface area contributed by atoms with Crippen molar-refractivity contribution in [2.75, 3.05) is 6.54 Å². The molecule has 0 heterocycles. The molecule has 0 bridgehead atoms. The first kappa shape index (κ1) is 13.3. The minimum atomic E-state index is 0.388. The van der Waals surface area contributed by atoms with Crippen molar-refractivity contribution in [3.05, 3.63) is 34.3 Å². The predicted molar refractivity (Wildman–Crippen MR) is 73.4 cm³/mol. The Morgan fingerprint density at radius 2 is 2.31 bits per heavy atom. The Morgan fingerprint density at radius 1 is 1.50 bits per heavy atom. The molecule has 16 heavy (non-hydrogen) atoms. The van der Waals surface area contributed by atoms with Gasteiger partial charge in [0.25, 0.3) is 0 Å². The van der Waals surface area contributed by atoms with E-state index >= 15 is 0 Å². The van der Waals surface area contributed by atoms with E-state index in [1.165, 1.54) is 5.56 Å². The monoisotopic (exact) mass is 279 g/mol. The SMILES string of the molecule is C#CCC(Cc1cccc(Br)c1)NCCC. The number of hydrogen-bond acceptors (Lipinski definition) is 1. The number of halogens is 1. The summed E-state index contributed by atoms with van der Waals surface area (Å²) in [7, 11) is 0. The van der Waals surface area contributed by atoms with Crippen molar-refractivity contribution in [2.45, 2.75) is 32.2 Å². The highest BCUT2D eigenvalue weighted by Gasteiger charge is 2.07. The van der Waals surface area contributed by atoms with Gasteiger partial charge in [-0.1, -0.05) is 35.0 Å². The second-order valence-corrected chi connectivity index (χ2v) is 4.81. The van der Waals surface area contributed by atoms with Gasteiger partial charge >= 0.3 is 0 Å². The van der Waals surface area contributed by atoms with Gasteiger partial charge in [-0.15, -0.1) is 12.3 Å². The molecule has 1 nitrogen and oxygen atoms in total. The largest absolute Gasteiger partial charge is 0.313 e. The summed E-state index contributed by atoms with van der Waals surface area (Å²) in [6.07, 6.45) is 8.30. The summed E-state index contributed by atoms with van der Waals surface area (Å²) in [5.41, 5.74) is 1.32. The molecule has 0 radical (unpaired) electrons. The van der Waals surface area contributed by atoms with Crippen molar-refractivity contribution in [3.63, 3.8) is 0 Å². The number of rotatable bonds is 6. The lowest BCUT2D eigenvalue weighted by Crippen LogP contribution is -2.31. The smallest absolute Gasteiger partial charge is 0.0243 e. The van der Waals surface area contributed by atoms with Crippen LogP contribution in [0, 0.1) is 12.3 Å². The molecule has 0 amide bonds. The van der Waals surface area contributed by atoms with Gasteiger partial charge in [-0.25, -0.2) is 0 Å². The summed E-state index contributed by atoms with van der Waals surface area (Å²) < 4.78 is 1.12. The van der Waals surface area contributed by atoms with Gasteiger partial charge in [0, 0.05) is 16.9 Å². The van der Waals surface area contributed by atoms with Crippen LogP contribution >= 0.6 is 15.9 Å². The number of hydrogen-bond donors (Lipinski definition) is 1. The van der Waals surface area contributed by atoms with Crippen molar-refractivity contribution < 1.29 is 0 Å². The molecule has 0 aromatic heterocycles. The molecule has 0 saturated carbocycles. The van der Waals surface area contributed by atoms with Gasteiger partial charge in [0.2, 0.25) is 0 Å². The molecule has 86 valence electrons. The summed E-state index contributed by atoms with van der Waals surface area (Å²) in [6, 6.07) is 8.78. The zero-order valence-corrected chi connectivity index (χ0v) is 11.3. The lowest BCUT2D eigenvalue weighted by molar-refractivity contribution is 0.517. The average molecular weight is 280 g/mol. The van der Waals surface area contributed by atoms with Crippen LogP contribution in [0.4, 0.5) is 0 Å². The fourth-order valence-corrected chi connectivity index (χ4v) is 2.10. The first-order valence-electron chi connectivity index (χ1n) is 5.67. The third-order valence-electron chi connectivity index (χ3n) is 2.42. The molecule has 0 spiro atoms. The highest BCUT2D eigenvalue weighted by Crippen LogP contribution is 2.13. The summed E-state index contributed by atoms with van der Waals surface area (Å²) in [4.78, 5) is 0. The van der Waals surface area contributed by atoms with E-state index < -0.39 is 0 Å². The van der Waals surface area contributed by atoms with E-state index in [0.717, 1.165) is 30.3 Å². The van der Waals surface area contributed by atoms with Crippen LogP contribution in [-0.4, -0.2) is 12.6 Å². The molecule has 1 rings (SSSR count). The molecule has 2 heteroatoms. The van der Waals surface area contributed by atoms with Crippen molar-refractivity contribution >= 4 is 15.9 Å². The first-order chi connectivity index (χ1) is 7.76. The standard InChI is InChI=1S/C14H18BrN/c1-3-6-14(16-9-4-2)11-12-7-5-8-13(15)10-12/h1,5,7-8,10,14,16H,4,6,9,11H2,2H3. The van der Waals surface area contributed by atoms with Gasteiger partial charge in [-0.05, 0) is 37.1 Å². The molecule has 1 N–H and O–H groups in total. The summed E-state index contributed by atoms with van der Waals surface area (Å²) in [5.74, 6) is 2.74. The highest BCUT2D eigenvalue weighted by molar-refractivity contribution is 9.10. The highest BCUT2D eigenvalue weighted by atomic mass is 79.9. The maximum atomic E-state index is 5.39. The van der Waals surface area contributed by atoms with E-state index in [-0.39, 0.29) is 0 Å². The zero-order chi connectivity index (χ0) is 11.8. The van der Waals surface area contributed by atoms with E-state index in [2.05, 4.69) is 52.3 Å². The van der Waals surface area contributed by atoms with Gasteiger partial charge in [0.05, 0.1) is 0 Å². The number of nitrogens with one attached hydrogen (secondary N) is 1. The Bertz CT molecular complexity index is 354. The molecule has 0 aliphatic carbocycles. The van der Waals surface area contributed by atoms with Gasteiger partial charge in [-0.2, -0.15) is 0 Å². The molecular weight excluding hydrogens is 262 g/mol. The predicted octanol–water partition coefficient (Wildman–Crippen LogP) is 3.38. The molecular formula is C14H18BrN. The van der Waals surface area contributed by atoms with Crippen molar-refractivity contribution in [3.8, 4) is 12.3 Å². The van der Waals surface area contributed by atoms with Crippen LogP contribution < -0.4 is 5.32 Å². The van der Waals surface area contributed by atoms with Crippen molar-refractivity contribution in [1.82, 2.24) is 5.32 Å². The number of terminal acetylenes is 1. The third kappa shape index (κ3) is 4.83. The summed E-state index contributed by atoms with van der Waals surface area (Å²) in [5, 5.41) is 3.48. The lowest BCUT2D eigenvalue weighted by atomic mass is 10.0. The van der Waals surface area contributed by atoms with Crippen LogP contribution in [0.2, 0.25) is 0 Å². The van der Waals surface area contributed by atoms with Crippen LogP contribution in [0.1, 0.15) is 25.3 Å². The lowest BCUT2D eigenvalue weighted by Gasteiger charge is -2.16. The minimum Gasteiger partial charge on any atom is -0.313 e. The average Bonchev–Trinajstić information content (AvgIpc) is 2.26. The molecule has 1 unspecified atom stereocenters.